The predicted octanol–water partition coefficient (Wildman–Crippen LogP) is 5.62. The molecule has 0 radical (unpaired) electrons. The van der Waals surface area contributed by atoms with Gasteiger partial charge in [0, 0.05) is 30.0 Å². The van der Waals surface area contributed by atoms with Crippen LogP contribution in [0.2, 0.25) is 0 Å². The van der Waals surface area contributed by atoms with Gasteiger partial charge in [0.15, 0.2) is 0 Å². The maximum atomic E-state index is 13.2. The van der Waals surface area contributed by atoms with Gasteiger partial charge in [-0.2, -0.15) is 13.2 Å². The van der Waals surface area contributed by atoms with Crippen molar-refractivity contribution in [3.05, 3.63) is 95.3 Å². The molecule has 0 unspecified atom stereocenters. The van der Waals surface area contributed by atoms with Gasteiger partial charge in [-0.05, 0) is 67.1 Å². The highest BCUT2D eigenvalue weighted by Crippen LogP contribution is 2.31. The molecule has 9 heteroatoms. The first-order valence-electron chi connectivity index (χ1n) is 10.00. The Hall–Kier alpha value is -3.88. The SMILES string of the molecule is Cc1cccc(NC(=O)N(CCNC(=O)c2ccc(F)cc2)c2cccc(C(F)(F)F)c2)c1. The van der Waals surface area contributed by atoms with E-state index in [4.69, 9.17) is 0 Å². The summed E-state index contributed by atoms with van der Waals surface area (Å²) < 4.78 is 52.6. The number of carbonyl (C=O) groups excluding carboxylic acids is 2. The van der Waals surface area contributed by atoms with Crippen molar-refractivity contribution >= 4 is 23.3 Å². The molecule has 0 heterocycles. The number of aryl methyl sites for hydroxylation is 1. The molecule has 0 aromatic heterocycles. The Labute approximate surface area is 188 Å². The lowest BCUT2D eigenvalue weighted by Gasteiger charge is -2.24. The summed E-state index contributed by atoms with van der Waals surface area (Å²) in [4.78, 5) is 26.3. The van der Waals surface area contributed by atoms with Gasteiger partial charge in [0.05, 0.1) is 5.56 Å². The quantitative estimate of drug-likeness (QED) is 0.470. The van der Waals surface area contributed by atoms with Crippen molar-refractivity contribution in [3.8, 4) is 0 Å². The number of benzene rings is 3. The number of amides is 3. The molecule has 0 atom stereocenters. The monoisotopic (exact) mass is 459 g/mol. The van der Waals surface area contributed by atoms with E-state index >= 15 is 0 Å². The Morgan fingerprint density at radius 1 is 0.939 bits per heavy atom. The van der Waals surface area contributed by atoms with Crippen LogP contribution in [0.25, 0.3) is 0 Å². The van der Waals surface area contributed by atoms with Gasteiger partial charge in [0.1, 0.15) is 5.82 Å². The summed E-state index contributed by atoms with van der Waals surface area (Å²) >= 11 is 0. The number of nitrogens with one attached hydrogen (secondary N) is 2. The van der Waals surface area contributed by atoms with Crippen molar-refractivity contribution in [3.63, 3.8) is 0 Å². The average Bonchev–Trinajstić information content (AvgIpc) is 2.76. The molecule has 0 aliphatic rings. The van der Waals surface area contributed by atoms with E-state index in [-0.39, 0.29) is 24.3 Å². The summed E-state index contributed by atoms with van der Waals surface area (Å²) in [6, 6.07) is 15.6. The smallest absolute Gasteiger partial charge is 0.350 e. The number of hydrogen-bond acceptors (Lipinski definition) is 2. The van der Waals surface area contributed by atoms with Crippen LogP contribution in [0.5, 0.6) is 0 Å². The molecule has 2 N–H and O–H groups in total. The summed E-state index contributed by atoms with van der Waals surface area (Å²) in [7, 11) is 0. The lowest BCUT2D eigenvalue weighted by molar-refractivity contribution is -0.137. The van der Waals surface area contributed by atoms with E-state index in [2.05, 4.69) is 10.6 Å². The molecule has 3 rings (SSSR count). The number of anilines is 2. The zero-order valence-corrected chi connectivity index (χ0v) is 17.6. The summed E-state index contributed by atoms with van der Waals surface area (Å²) in [5.41, 5.74) is 0.707. The molecule has 3 aromatic carbocycles. The second-order valence-corrected chi connectivity index (χ2v) is 7.26. The van der Waals surface area contributed by atoms with Crippen LogP contribution in [-0.4, -0.2) is 25.0 Å². The molecule has 33 heavy (non-hydrogen) atoms. The van der Waals surface area contributed by atoms with Gasteiger partial charge >= 0.3 is 12.2 Å². The van der Waals surface area contributed by atoms with E-state index < -0.39 is 29.5 Å². The Balaban J connectivity index is 1.78. The largest absolute Gasteiger partial charge is 0.416 e. The molecule has 3 aromatic rings. The second-order valence-electron chi connectivity index (χ2n) is 7.26. The molecule has 0 aliphatic carbocycles. The van der Waals surface area contributed by atoms with Gasteiger partial charge in [-0.3, -0.25) is 9.69 Å². The molecular formula is C24H21F4N3O2. The Morgan fingerprint density at radius 3 is 2.30 bits per heavy atom. The molecular weight excluding hydrogens is 438 g/mol. The van der Waals surface area contributed by atoms with Crippen molar-refractivity contribution in [1.82, 2.24) is 5.32 Å². The molecule has 0 bridgehead atoms. The van der Waals surface area contributed by atoms with Crippen LogP contribution in [0.15, 0.2) is 72.8 Å². The minimum absolute atomic E-state index is 0.0195. The van der Waals surface area contributed by atoms with Crippen molar-refractivity contribution < 1.29 is 27.2 Å². The standard InChI is InChI=1S/C24H21F4N3O2/c1-16-4-2-6-20(14-16)30-23(33)31(21-7-3-5-18(15-21)24(26,27)28)13-12-29-22(32)17-8-10-19(25)11-9-17/h2-11,14-15H,12-13H2,1H3,(H,29,32)(H,30,33). The van der Waals surface area contributed by atoms with Crippen LogP contribution >= 0.6 is 0 Å². The lowest BCUT2D eigenvalue weighted by atomic mass is 10.1. The molecule has 0 saturated heterocycles. The normalized spacial score (nSPS) is 11.1. The molecule has 5 nitrogen and oxygen atoms in total. The maximum absolute atomic E-state index is 13.2. The summed E-state index contributed by atoms with van der Waals surface area (Å²) in [5, 5.41) is 5.25. The van der Waals surface area contributed by atoms with Gasteiger partial charge in [-0.25, -0.2) is 9.18 Å². The van der Waals surface area contributed by atoms with E-state index in [1.54, 1.807) is 18.2 Å². The van der Waals surface area contributed by atoms with Crippen LogP contribution in [-0.2, 0) is 6.18 Å². The highest BCUT2D eigenvalue weighted by molar-refractivity contribution is 6.02. The molecule has 0 spiro atoms. The second kappa shape index (κ2) is 10.2. The van der Waals surface area contributed by atoms with Crippen LogP contribution in [0.4, 0.5) is 33.7 Å². The zero-order valence-electron chi connectivity index (χ0n) is 17.6. The first-order chi connectivity index (χ1) is 15.6. The van der Waals surface area contributed by atoms with Crippen LogP contribution < -0.4 is 15.5 Å². The van der Waals surface area contributed by atoms with Gasteiger partial charge in [-0.1, -0.05) is 18.2 Å². The highest BCUT2D eigenvalue weighted by atomic mass is 19.4. The van der Waals surface area contributed by atoms with Crippen molar-refractivity contribution in [1.29, 1.82) is 0 Å². The Morgan fingerprint density at radius 2 is 1.64 bits per heavy atom. The first kappa shape index (κ1) is 23.8. The first-order valence-corrected chi connectivity index (χ1v) is 10.00. The summed E-state index contributed by atoms with van der Waals surface area (Å²) in [6.07, 6.45) is -4.58. The minimum atomic E-state index is -4.58. The third kappa shape index (κ3) is 6.55. The number of rotatable bonds is 6. The average molecular weight is 459 g/mol. The Bertz CT molecular complexity index is 1130. The summed E-state index contributed by atoms with van der Waals surface area (Å²) in [6.45, 7) is 1.69. The van der Waals surface area contributed by atoms with E-state index in [1.807, 2.05) is 13.0 Å². The Kier molecular flexibility index (Phi) is 7.32. The van der Waals surface area contributed by atoms with Crippen LogP contribution in [0.3, 0.4) is 0 Å². The molecule has 172 valence electrons. The third-order valence-corrected chi connectivity index (χ3v) is 4.73. The van der Waals surface area contributed by atoms with Gasteiger partial charge in [-0.15, -0.1) is 0 Å². The molecule has 3 amide bonds. The van der Waals surface area contributed by atoms with Crippen molar-refractivity contribution in [2.24, 2.45) is 0 Å². The molecule has 0 fully saturated rings. The number of urea groups is 1. The lowest BCUT2D eigenvalue weighted by Crippen LogP contribution is -2.41. The minimum Gasteiger partial charge on any atom is -0.350 e. The van der Waals surface area contributed by atoms with E-state index in [1.165, 1.54) is 24.3 Å². The topological polar surface area (TPSA) is 61.4 Å². The van der Waals surface area contributed by atoms with Crippen LogP contribution in [0, 0.1) is 12.7 Å². The zero-order chi connectivity index (χ0) is 24.0. The van der Waals surface area contributed by atoms with Gasteiger partial charge in [0.25, 0.3) is 5.91 Å². The van der Waals surface area contributed by atoms with E-state index in [0.717, 1.165) is 34.7 Å². The van der Waals surface area contributed by atoms with E-state index in [0.29, 0.717) is 5.69 Å². The molecule has 0 aliphatic heterocycles. The number of carbonyl (C=O) groups is 2. The highest BCUT2D eigenvalue weighted by Gasteiger charge is 2.31. The van der Waals surface area contributed by atoms with Crippen LogP contribution in [0.1, 0.15) is 21.5 Å². The maximum Gasteiger partial charge on any atom is 0.416 e. The van der Waals surface area contributed by atoms with Gasteiger partial charge in [0.2, 0.25) is 0 Å². The predicted molar refractivity (Wildman–Crippen MR) is 118 cm³/mol. The number of halogens is 4. The summed E-state index contributed by atoms with van der Waals surface area (Å²) in [5.74, 6) is -0.992. The van der Waals surface area contributed by atoms with Gasteiger partial charge < -0.3 is 10.6 Å². The van der Waals surface area contributed by atoms with Crippen molar-refractivity contribution in [2.75, 3.05) is 23.3 Å². The fraction of sp³-hybridized carbons (Fsp3) is 0.167. The van der Waals surface area contributed by atoms with E-state index in [9.17, 15) is 27.2 Å². The molecule has 0 saturated carbocycles. The third-order valence-electron chi connectivity index (χ3n) is 4.73. The number of hydrogen-bond donors (Lipinski definition) is 2. The fourth-order valence-corrected chi connectivity index (χ4v) is 3.10. The number of nitrogens with zero attached hydrogens (tertiary/aromatic N) is 1. The fourth-order valence-electron chi connectivity index (χ4n) is 3.10. The number of alkyl halides is 3. The van der Waals surface area contributed by atoms with Crippen molar-refractivity contribution in [2.45, 2.75) is 13.1 Å².